The molecule has 0 spiro atoms. The molecular weight excluding hydrogens is 380 g/mol. The molecule has 3 aromatic rings. The second-order valence-electron chi connectivity index (χ2n) is 7.29. The van der Waals surface area contributed by atoms with Gasteiger partial charge in [0.1, 0.15) is 5.82 Å². The van der Waals surface area contributed by atoms with Crippen LogP contribution in [0.2, 0.25) is 0 Å². The van der Waals surface area contributed by atoms with Crippen LogP contribution in [-0.4, -0.2) is 26.4 Å². The number of anilines is 1. The van der Waals surface area contributed by atoms with E-state index in [0.29, 0.717) is 17.6 Å². The molecule has 1 aromatic heterocycles. The van der Waals surface area contributed by atoms with E-state index in [-0.39, 0.29) is 5.91 Å². The van der Waals surface area contributed by atoms with Crippen LogP contribution < -0.4 is 5.32 Å². The number of rotatable bonds is 8. The third kappa shape index (κ3) is 4.37. The number of hydrogen-bond donors (Lipinski definition) is 1. The van der Waals surface area contributed by atoms with Gasteiger partial charge in [0, 0.05) is 18.2 Å². The fraction of sp³-hybridized carbons (Fsp3) is 0.348. The molecule has 4 rings (SSSR count). The molecule has 0 radical (unpaired) electrons. The maximum absolute atomic E-state index is 12.5. The fourth-order valence-electron chi connectivity index (χ4n) is 3.79. The smallest absolute Gasteiger partial charge is 0.234 e. The highest BCUT2D eigenvalue weighted by atomic mass is 32.2. The van der Waals surface area contributed by atoms with Gasteiger partial charge in [0.2, 0.25) is 5.91 Å². The van der Waals surface area contributed by atoms with Crippen LogP contribution in [0.4, 0.5) is 5.69 Å². The highest BCUT2D eigenvalue weighted by Gasteiger charge is 2.43. The molecule has 29 heavy (non-hydrogen) atoms. The monoisotopic (exact) mass is 406 g/mol. The molecule has 1 aliphatic rings. The molecule has 5 nitrogen and oxygen atoms in total. The maximum atomic E-state index is 12.5. The largest absolute Gasteiger partial charge is 0.325 e. The van der Waals surface area contributed by atoms with Gasteiger partial charge in [-0.1, -0.05) is 67.2 Å². The van der Waals surface area contributed by atoms with Crippen LogP contribution >= 0.6 is 11.8 Å². The highest BCUT2D eigenvalue weighted by Crippen LogP contribution is 2.54. The number of carbonyl (C=O) groups is 1. The number of nitrogens with one attached hydrogen (secondary N) is 1. The van der Waals surface area contributed by atoms with Crippen LogP contribution in [0, 0.1) is 0 Å². The Morgan fingerprint density at radius 1 is 1.07 bits per heavy atom. The zero-order valence-electron chi connectivity index (χ0n) is 16.8. The predicted molar refractivity (Wildman–Crippen MR) is 117 cm³/mol. The zero-order valence-corrected chi connectivity index (χ0v) is 17.7. The third-order valence-corrected chi connectivity index (χ3v) is 6.38. The van der Waals surface area contributed by atoms with Gasteiger partial charge in [0.15, 0.2) is 5.16 Å². The van der Waals surface area contributed by atoms with Crippen molar-refractivity contribution in [1.29, 1.82) is 0 Å². The Kier molecular flexibility index (Phi) is 6.00. The number of nitrogens with zero attached hydrogens (tertiary/aromatic N) is 3. The van der Waals surface area contributed by atoms with Gasteiger partial charge in [-0.15, -0.1) is 10.2 Å². The third-order valence-electron chi connectivity index (χ3n) is 5.42. The molecular formula is C23H26N4OS. The van der Waals surface area contributed by atoms with Crippen molar-refractivity contribution in [1.82, 2.24) is 14.8 Å². The summed E-state index contributed by atoms with van der Waals surface area (Å²) in [5.74, 6) is 2.29. The summed E-state index contributed by atoms with van der Waals surface area (Å²) in [6.07, 6.45) is 2.00. The Hall–Kier alpha value is -2.60. The van der Waals surface area contributed by atoms with Crippen LogP contribution in [0.1, 0.15) is 49.1 Å². The van der Waals surface area contributed by atoms with E-state index in [2.05, 4.69) is 58.2 Å². The quantitative estimate of drug-likeness (QED) is 0.543. The standard InChI is InChI=1S/C23H26N4OS/c1-3-16-10-8-9-13-20(16)24-21(28)15-29-23-26-25-22(27(23)4-2)19-14-18(19)17-11-6-5-7-12-17/h5-13,18-19H,3-4,14-15H2,1-2H3,(H,24,28). The first-order chi connectivity index (χ1) is 14.2. The van der Waals surface area contributed by atoms with Gasteiger partial charge in [0.25, 0.3) is 0 Å². The van der Waals surface area contributed by atoms with E-state index in [1.165, 1.54) is 17.3 Å². The van der Waals surface area contributed by atoms with Crippen molar-refractivity contribution < 1.29 is 4.79 Å². The van der Waals surface area contributed by atoms with E-state index in [1.54, 1.807) is 0 Å². The zero-order chi connectivity index (χ0) is 20.2. The van der Waals surface area contributed by atoms with Gasteiger partial charge in [-0.2, -0.15) is 0 Å². The highest BCUT2D eigenvalue weighted by molar-refractivity contribution is 7.99. The Balaban J connectivity index is 1.39. The summed E-state index contributed by atoms with van der Waals surface area (Å²) < 4.78 is 2.16. The topological polar surface area (TPSA) is 59.8 Å². The number of para-hydroxylation sites is 1. The SMILES string of the molecule is CCc1ccccc1NC(=O)CSc1nnc(C2CC2c2ccccc2)n1CC. The molecule has 2 atom stereocenters. The summed E-state index contributed by atoms with van der Waals surface area (Å²) in [5, 5.41) is 12.7. The second kappa shape index (κ2) is 8.82. The number of benzene rings is 2. The van der Waals surface area contributed by atoms with Gasteiger partial charge in [-0.3, -0.25) is 4.79 Å². The van der Waals surface area contributed by atoms with Crippen molar-refractivity contribution in [2.45, 2.75) is 50.2 Å². The number of hydrogen-bond acceptors (Lipinski definition) is 4. The van der Waals surface area contributed by atoms with E-state index in [4.69, 9.17) is 0 Å². The molecule has 0 saturated heterocycles. The molecule has 1 heterocycles. The number of thioether (sulfide) groups is 1. The van der Waals surface area contributed by atoms with Crippen molar-refractivity contribution in [3.63, 3.8) is 0 Å². The van der Waals surface area contributed by atoms with E-state index in [0.717, 1.165) is 41.6 Å². The van der Waals surface area contributed by atoms with Gasteiger partial charge in [-0.25, -0.2) is 0 Å². The molecule has 1 N–H and O–H groups in total. The maximum Gasteiger partial charge on any atom is 0.234 e. The minimum absolute atomic E-state index is 0.0170. The molecule has 2 unspecified atom stereocenters. The molecule has 2 aromatic carbocycles. The molecule has 0 bridgehead atoms. The first-order valence-corrected chi connectivity index (χ1v) is 11.2. The lowest BCUT2D eigenvalue weighted by molar-refractivity contribution is -0.113. The predicted octanol–water partition coefficient (Wildman–Crippen LogP) is 4.86. The number of aryl methyl sites for hydroxylation is 1. The summed E-state index contributed by atoms with van der Waals surface area (Å²) in [7, 11) is 0. The van der Waals surface area contributed by atoms with Crippen molar-refractivity contribution in [3.8, 4) is 0 Å². The van der Waals surface area contributed by atoms with Gasteiger partial charge < -0.3 is 9.88 Å². The summed E-state index contributed by atoms with van der Waals surface area (Å²) in [5.41, 5.74) is 3.40. The fourth-order valence-corrected chi connectivity index (χ4v) is 4.60. The Labute approximate surface area is 175 Å². The molecule has 0 aliphatic heterocycles. The van der Waals surface area contributed by atoms with Gasteiger partial charge in [0.05, 0.1) is 5.75 Å². The summed E-state index contributed by atoms with van der Waals surface area (Å²) in [4.78, 5) is 12.5. The van der Waals surface area contributed by atoms with Crippen molar-refractivity contribution >= 4 is 23.4 Å². The van der Waals surface area contributed by atoms with E-state index in [9.17, 15) is 4.79 Å². The second-order valence-corrected chi connectivity index (χ2v) is 8.23. The lowest BCUT2D eigenvalue weighted by Crippen LogP contribution is -2.15. The number of amides is 1. The molecule has 150 valence electrons. The van der Waals surface area contributed by atoms with Crippen LogP contribution in [0.5, 0.6) is 0 Å². The molecule has 1 fully saturated rings. The van der Waals surface area contributed by atoms with Crippen molar-refractivity contribution in [2.24, 2.45) is 0 Å². The normalized spacial score (nSPS) is 17.9. The summed E-state index contributed by atoms with van der Waals surface area (Å²) >= 11 is 1.45. The molecule has 6 heteroatoms. The average Bonchev–Trinajstić information content (AvgIpc) is 3.45. The minimum atomic E-state index is -0.0170. The van der Waals surface area contributed by atoms with E-state index >= 15 is 0 Å². The average molecular weight is 407 g/mol. The lowest BCUT2D eigenvalue weighted by atomic mass is 10.1. The van der Waals surface area contributed by atoms with Crippen molar-refractivity contribution in [3.05, 3.63) is 71.5 Å². The number of aromatic nitrogens is 3. The first-order valence-electron chi connectivity index (χ1n) is 10.2. The van der Waals surface area contributed by atoms with Crippen LogP contribution in [0.25, 0.3) is 0 Å². The molecule has 1 amide bonds. The van der Waals surface area contributed by atoms with Crippen LogP contribution in [0.3, 0.4) is 0 Å². The minimum Gasteiger partial charge on any atom is -0.325 e. The van der Waals surface area contributed by atoms with Crippen molar-refractivity contribution in [2.75, 3.05) is 11.1 Å². The lowest BCUT2D eigenvalue weighted by Gasteiger charge is -2.10. The first kappa shape index (κ1) is 19.7. The summed E-state index contributed by atoms with van der Waals surface area (Å²) in [6, 6.07) is 18.5. The van der Waals surface area contributed by atoms with Crippen LogP contribution in [0.15, 0.2) is 59.8 Å². The van der Waals surface area contributed by atoms with Gasteiger partial charge >= 0.3 is 0 Å². The van der Waals surface area contributed by atoms with E-state index in [1.807, 2.05) is 30.3 Å². The molecule has 1 saturated carbocycles. The number of carbonyl (C=O) groups excluding carboxylic acids is 1. The van der Waals surface area contributed by atoms with Crippen LogP contribution in [-0.2, 0) is 17.8 Å². The summed E-state index contributed by atoms with van der Waals surface area (Å²) in [6.45, 7) is 5.00. The Morgan fingerprint density at radius 3 is 2.59 bits per heavy atom. The Morgan fingerprint density at radius 2 is 1.83 bits per heavy atom. The van der Waals surface area contributed by atoms with E-state index < -0.39 is 0 Å². The Bertz CT molecular complexity index is 986. The molecule has 1 aliphatic carbocycles. The van der Waals surface area contributed by atoms with Gasteiger partial charge in [-0.05, 0) is 42.9 Å².